The van der Waals surface area contributed by atoms with Crippen LogP contribution in [0.25, 0.3) is 21.2 Å². The predicted octanol–water partition coefficient (Wildman–Crippen LogP) is 18.2. The molecule has 13 rings (SSSR count). The van der Waals surface area contributed by atoms with Crippen molar-refractivity contribution in [3.05, 3.63) is 203 Å². The van der Waals surface area contributed by atoms with Gasteiger partial charge in [-0.15, -0.1) is 11.3 Å². The zero-order valence-corrected chi connectivity index (χ0v) is 48.6. The molecule has 0 saturated carbocycles. The Morgan fingerprint density at radius 1 is 0.455 bits per heavy atom. The summed E-state index contributed by atoms with van der Waals surface area (Å²) in [5.74, 6) is 0. The number of rotatable bonds is 5. The van der Waals surface area contributed by atoms with Crippen molar-refractivity contribution >= 4 is 95.0 Å². The fourth-order valence-corrected chi connectivity index (χ4v) is 14.8. The maximum Gasteiger partial charge on any atom is 0.264 e. The van der Waals surface area contributed by atoms with E-state index in [9.17, 15) is 0 Å². The molecule has 4 heterocycles. The summed E-state index contributed by atoms with van der Waals surface area (Å²) in [7, 11) is 0. The number of thiophene rings is 1. The summed E-state index contributed by atoms with van der Waals surface area (Å²) in [6.45, 7) is 34.3. The van der Waals surface area contributed by atoms with Crippen LogP contribution in [0.5, 0.6) is 0 Å². The van der Waals surface area contributed by atoms with E-state index >= 15 is 0 Å². The molecule has 0 unspecified atom stereocenters. The van der Waals surface area contributed by atoms with Crippen LogP contribution in [0.1, 0.15) is 143 Å². The van der Waals surface area contributed by atoms with Gasteiger partial charge in [-0.2, -0.15) is 0 Å². The molecular formula is C71H72BN3OS. The van der Waals surface area contributed by atoms with Crippen LogP contribution in [0, 0.1) is 0 Å². The molecule has 0 radical (unpaired) electrons. The molecule has 8 aromatic carbocycles. The van der Waals surface area contributed by atoms with Gasteiger partial charge >= 0.3 is 0 Å². The van der Waals surface area contributed by atoms with E-state index in [1.54, 1.807) is 0 Å². The number of hydrogen-bond acceptors (Lipinski definition) is 5. The Bertz CT molecular complexity index is 3820. The van der Waals surface area contributed by atoms with Gasteiger partial charge in [-0.1, -0.05) is 155 Å². The second kappa shape index (κ2) is 16.6. The molecule has 1 aliphatic carbocycles. The highest BCUT2D eigenvalue weighted by Gasteiger charge is 2.48. The van der Waals surface area contributed by atoms with E-state index in [0.717, 1.165) is 22.7 Å². The highest BCUT2D eigenvalue weighted by Crippen LogP contribution is 2.55. The summed E-state index contributed by atoms with van der Waals surface area (Å²) in [6, 6.07) is 63.6. The van der Waals surface area contributed by atoms with Crippen molar-refractivity contribution in [1.29, 1.82) is 0 Å². The molecule has 4 aliphatic rings. The topological polar surface area (TPSA) is 19.0 Å². The minimum atomic E-state index is -0.472. The number of fused-ring (bicyclic) bond motifs is 10. The molecule has 0 bridgehead atoms. The first-order valence-electron chi connectivity index (χ1n) is 27.9. The Labute approximate surface area is 462 Å². The molecule has 4 nitrogen and oxygen atoms in total. The summed E-state index contributed by atoms with van der Waals surface area (Å²) >= 11 is 1.99. The van der Waals surface area contributed by atoms with Crippen LogP contribution < -0.4 is 30.4 Å². The molecule has 0 fully saturated rings. The Balaban J connectivity index is 1.09. The summed E-state index contributed by atoms with van der Waals surface area (Å²) in [5, 5.41) is 1.31. The lowest BCUT2D eigenvalue weighted by Crippen LogP contribution is -2.60. The van der Waals surface area contributed by atoms with Crippen molar-refractivity contribution < 1.29 is 4.74 Å². The van der Waals surface area contributed by atoms with Crippen LogP contribution in [0.4, 0.5) is 51.2 Å². The van der Waals surface area contributed by atoms with E-state index in [1.807, 2.05) is 11.3 Å². The maximum absolute atomic E-state index is 6.85. The second-order valence-corrected chi connectivity index (χ2v) is 28.1. The van der Waals surface area contributed by atoms with Gasteiger partial charge in [0.05, 0.1) is 16.9 Å². The zero-order valence-electron chi connectivity index (χ0n) is 47.8. The molecular weight excluding hydrogens is 954 g/mol. The monoisotopic (exact) mass is 1030 g/mol. The molecule has 386 valence electrons. The Hall–Kier alpha value is -6.86. The van der Waals surface area contributed by atoms with Gasteiger partial charge in [0.15, 0.2) is 0 Å². The minimum Gasteiger partial charge on any atom is -0.360 e. The summed E-state index contributed by atoms with van der Waals surface area (Å²) in [5.41, 5.74) is 24.2. The average Bonchev–Trinajstić information content (AvgIpc) is 3.89. The number of nitrogens with zero attached hydrogens (tertiary/aromatic N) is 3. The van der Waals surface area contributed by atoms with Gasteiger partial charge in [-0.05, 0) is 190 Å². The van der Waals surface area contributed by atoms with E-state index in [2.05, 4.69) is 282 Å². The molecule has 6 heteroatoms. The van der Waals surface area contributed by atoms with Gasteiger partial charge in [0.1, 0.15) is 0 Å². The third kappa shape index (κ3) is 7.63. The summed E-state index contributed by atoms with van der Waals surface area (Å²) < 4.78 is 9.55. The van der Waals surface area contributed by atoms with Crippen LogP contribution in [-0.2, 0) is 37.6 Å². The van der Waals surface area contributed by atoms with Gasteiger partial charge in [-0.3, -0.25) is 0 Å². The molecule has 0 atom stereocenters. The second-order valence-electron chi connectivity index (χ2n) is 27.0. The predicted molar refractivity (Wildman–Crippen MR) is 331 cm³/mol. The molecule has 1 aromatic heterocycles. The molecule has 3 aliphatic heterocycles. The highest BCUT2D eigenvalue weighted by molar-refractivity contribution is 7.33. The van der Waals surface area contributed by atoms with E-state index in [-0.39, 0.29) is 28.4 Å². The quantitative estimate of drug-likeness (QED) is 0.160. The number of benzene rings is 8. The third-order valence-corrected chi connectivity index (χ3v) is 18.8. The minimum absolute atomic E-state index is 0.0213. The lowest BCUT2D eigenvalue weighted by molar-refractivity contribution is -0.105. The van der Waals surface area contributed by atoms with Crippen LogP contribution in [0.15, 0.2) is 164 Å². The first-order valence-corrected chi connectivity index (χ1v) is 28.7. The largest absolute Gasteiger partial charge is 0.360 e. The van der Waals surface area contributed by atoms with Gasteiger partial charge in [-0.25, -0.2) is 0 Å². The molecule has 0 saturated heterocycles. The van der Waals surface area contributed by atoms with E-state index in [1.165, 1.54) is 104 Å². The number of anilines is 9. The molecule has 0 amide bonds. The standard InChI is InChI=1S/C71H72BN3OS/c1-66(2,3)43-23-29-46(30-24-43)73(47-31-25-44(26-32-47)67(4,5)6)50-36-38-58-61(40-50)74(49-35-37-55-57(39-49)71(14,15)76-70(55,12)13)59-21-18-22-60-63(59)72(58)65-64(75(60)48-33-27-45(28-34-48)68(7,8)9)53-41-52-51-19-16-17-20-54(51)69(10,11)56(52)42-62(53)77-65/h16-42H,1-15H3. The van der Waals surface area contributed by atoms with Gasteiger partial charge in [0, 0.05) is 65.8 Å². The van der Waals surface area contributed by atoms with E-state index < -0.39 is 11.2 Å². The normalized spacial score (nSPS) is 16.4. The lowest BCUT2D eigenvalue weighted by Gasteiger charge is -2.43. The number of ether oxygens (including phenoxy) is 1. The summed E-state index contributed by atoms with van der Waals surface area (Å²) in [6.07, 6.45) is 0. The van der Waals surface area contributed by atoms with Crippen molar-refractivity contribution in [2.24, 2.45) is 0 Å². The van der Waals surface area contributed by atoms with Crippen LogP contribution in [-0.4, -0.2) is 6.71 Å². The van der Waals surface area contributed by atoms with Crippen LogP contribution >= 0.6 is 11.3 Å². The fourth-order valence-electron chi connectivity index (χ4n) is 13.5. The lowest BCUT2D eigenvalue weighted by atomic mass is 9.36. The third-order valence-electron chi connectivity index (χ3n) is 17.6. The molecule has 9 aromatic rings. The molecule has 77 heavy (non-hydrogen) atoms. The smallest absolute Gasteiger partial charge is 0.264 e. The van der Waals surface area contributed by atoms with Crippen molar-refractivity contribution in [2.75, 3.05) is 14.7 Å². The SMILES string of the molecule is CC(C)(C)c1ccc(N(c2ccc(C(C)(C)C)cc2)c2ccc3c(c2)N(c2ccc4c(c2)C(C)(C)OC4(C)C)c2cccc4c2B3c2sc3cc5c(cc3c2N4c2ccc(C(C)(C)C)cc2)-c2ccccc2C5(C)C)cc1. The van der Waals surface area contributed by atoms with E-state index in [0.29, 0.717) is 0 Å². The van der Waals surface area contributed by atoms with Gasteiger partial charge in [0.2, 0.25) is 0 Å². The molecule has 0 spiro atoms. The Kier molecular flexibility index (Phi) is 10.7. The Morgan fingerprint density at radius 2 is 1.00 bits per heavy atom. The van der Waals surface area contributed by atoms with Crippen LogP contribution in [0.3, 0.4) is 0 Å². The first kappa shape index (κ1) is 49.7. The van der Waals surface area contributed by atoms with Crippen molar-refractivity contribution in [2.45, 2.75) is 137 Å². The molecule has 0 N–H and O–H groups in total. The number of hydrogen-bond donors (Lipinski definition) is 0. The summed E-state index contributed by atoms with van der Waals surface area (Å²) in [4.78, 5) is 7.65. The zero-order chi connectivity index (χ0) is 54.1. The fraction of sp³-hybridized carbons (Fsp3) is 0.296. The van der Waals surface area contributed by atoms with Crippen molar-refractivity contribution in [3.63, 3.8) is 0 Å². The maximum atomic E-state index is 6.85. The van der Waals surface area contributed by atoms with Gasteiger partial charge in [0.25, 0.3) is 6.71 Å². The highest BCUT2D eigenvalue weighted by atomic mass is 32.1. The van der Waals surface area contributed by atoms with Crippen molar-refractivity contribution in [3.8, 4) is 11.1 Å². The van der Waals surface area contributed by atoms with Crippen LogP contribution in [0.2, 0.25) is 0 Å². The first-order chi connectivity index (χ1) is 36.3. The van der Waals surface area contributed by atoms with E-state index in [4.69, 9.17) is 4.74 Å². The average molecular weight is 1030 g/mol. The van der Waals surface area contributed by atoms with Crippen molar-refractivity contribution in [1.82, 2.24) is 0 Å². The van der Waals surface area contributed by atoms with Gasteiger partial charge < -0.3 is 19.4 Å². The Morgan fingerprint density at radius 3 is 1.61 bits per heavy atom.